The second kappa shape index (κ2) is 9.01. The van der Waals surface area contributed by atoms with Gasteiger partial charge in [-0.2, -0.15) is 0 Å². The predicted molar refractivity (Wildman–Crippen MR) is 121 cm³/mol. The third-order valence-electron chi connectivity index (χ3n) is 5.52. The molecule has 2 heterocycles. The molecule has 31 heavy (non-hydrogen) atoms. The van der Waals surface area contributed by atoms with Crippen LogP contribution in [0.4, 0.5) is 5.69 Å². The monoisotopic (exact) mass is 440 g/mol. The van der Waals surface area contributed by atoms with E-state index in [2.05, 4.69) is 14.9 Å². The fourth-order valence-corrected chi connectivity index (χ4v) is 3.64. The lowest BCUT2D eigenvalue weighted by molar-refractivity contribution is -0.124. The lowest BCUT2D eigenvalue weighted by Crippen LogP contribution is -2.50. The van der Waals surface area contributed by atoms with Gasteiger partial charge < -0.3 is 9.73 Å². The van der Waals surface area contributed by atoms with E-state index in [9.17, 15) is 9.59 Å². The normalized spacial score (nSPS) is 12.5. The Kier molecular flexibility index (Phi) is 6.59. The molecule has 164 valence electrons. The number of anilines is 1. The van der Waals surface area contributed by atoms with Crippen LogP contribution in [0.1, 0.15) is 66.4 Å². The second-order valence-corrected chi connectivity index (χ2v) is 8.87. The van der Waals surface area contributed by atoms with Crippen LogP contribution >= 0.6 is 11.5 Å². The number of nitrogens with one attached hydrogen (secondary N) is 1. The van der Waals surface area contributed by atoms with Crippen molar-refractivity contribution < 1.29 is 14.0 Å². The summed E-state index contributed by atoms with van der Waals surface area (Å²) in [4.78, 5) is 28.7. The van der Waals surface area contributed by atoms with Gasteiger partial charge in [0.25, 0.3) is 11.8 Å². The molecule has 1 N–H and O–H groups in total. The fourth-order valence-electron chi connectivity index (χ4n) is 3.21. The summed E-state index contributed by atoms with van der Waals surface area (Å²) in [6.07, 6.45) is 0.732. The fraction of sp³-hybridized carbons (Fsp3) is 0.391. The van der Waals surface area contributed by atoms with Crippen molar-refractivity contribution in [1.82, 2.24) is 14.9 Å². The molecule has 7 nitrogen and oxygen atoms in total. The molecule has 0 bridgehead atoms. The molecule has 0 saturated carbocycles. The van der Waals surface area contributed by atoms with Crippen molar-refractivity contribution in [3.05, 3.63) is 64.1 Å². The summed E-state index contributed by atoms with van der Waals surface area (Å²) in [7, 11) is 0. The molecule has 0 spiro atoms. The zero-order chi connectivity index (χ0) is 22.8. The lowest BCUT2D eigenvalue weighted by Gasteiger charge is -2.34. The SMILES string of the molecule is CCC(C)(C)NC(=O)C(c1ccc(C)o1)N(C(=O)c1csnn1)c1cccc(C)c1C. The van der Waals surface area contributed by atoms with Crippen molar-refractivity contribution in [1.29, 1.82) is 0 Å². The summed E-state index contributed by atoms with van der Waals surface area (Å²) >= 11 is 1.09. The van der Waals surface area contributed by atoms with E-state index in [-0.39, 0.29) is 11.6 Å². The van der Waals surface area contributed by atoms with E-state index in [1.54, 1.807) is 17.5 Å². The molecule has 3 aromatic rings. The van der Waals surface area contributed by atoms with E-state index in [0.29, 0.717) is 17.2 Å². The summed E-state index contributed by atoms with van der Waals surface area (Å²) in [5.41, 5.74) is 2.27. The summed E-state index contributed by atoms with van der Waals surface area (Å²) in [6.45, 7) is 11.6. The van der Waals surface area contributed by atoms with E-state index in [1.807, 2.05) is 59.7 Å². The average Bonchev–Trinajstić information content (AvgIpc) is 3.39. The summed E-state index contributed by atoms with van der Waals surface area (Å²) in [5, 5.41) is 8.62. The van der Waals surface area contributed by atoms with Crippen molar-refractivity contribution in [2.45, 2.75) is 59.5 Å². The highest BCUT2D eigenvalue weighted by molar-refractivity contribution is 7.03. The van der Waals surface area contributed by atoms with Gasteiger partial charge in [0.1, 0.15) is 11.5 Å². The Hall–Kier alpha value is -3.00. The number of aryl methyl sites for hydroxylation is 2. The van der Waals surface area contributed by atoms with Gasteiger partial charge in [-0.05, 0) is 81.9 Å². The zero-order valence-electron chi connectivity index (χ0n) is 18.7. The third kappa shape index (κ3) is 4.85. The van der Waals surface area contributed by atoms with Gasteiger partial charge in [-0.3, -0.25) is 14.5 Å². The van der Waals surface area contributed by atoms with Crippen LogP contribution in [0.3, 0.4) is 0 Å². The minimum absolute atomic E-state index is 0.182. The standard InChI is InChI=1S/C23H28N4O3S/c1-7-23(5,6)24-21(28)20(19-12-11-15(3)30-19)27(22(29)17-13-31-26-25-17)18-10-8-9-14(2)16(18)4/h8-13,20H,7H2,1-6H3,(H,24,28). The molecule has 0 aliphatic heterocycles. The van der Waals surface area contributed by atoms with Gasteiger partial charge in [0.05, 0.1) is 0 Å². The van der Waals surface area contributed by atoms with Gasteiger partial charge in [-0.1, -0.05) is 23.5 Å². The highest BCUT2D eigenvalue weighted by Gasteiger charge is 2.38. The molecule has 1 unspecified atom stereocenters. The number of hydrogen-bond acceptors (Lipinski definition) is 6. The first-order valence-electron chi connectivity index (χ1n) is 10.2. The Balaban J connectivity index is 2.20. The van der Waals surface area contributed by atoms with Crippen LogP contribution < -0.4 is 10.2 Å². The minimum atomic E-state index is -1.01. The van der Waals surface area contributed by atoms with Crippen LogP contribution in [0, 0.1) is 20.8 Å². The quantitative estimate of drug-likeness (QED) is 0.573. The largest absolute Gasteiger partial charge is 0.464 e. The molecule has 0 saturated heterocycles. The van der Waals surface area contributed by atoms with E-state index in [4.69, 9.17) is 4.42 Å². The van der Waals surface area contributed by atoms with Gasteiger partial charge in [0.2, 0.25) is 0 Å². The number of aromatic nitrogens is 2. The Morgan fingerprint density at radius 2 is 1.94 bits per heavy atom. The molecule has 1 aromatic carbocycles. The molecule has 0 fully saturated rings. The first kappa shape index (κ1) is 22.7. The number of amides is 2. The maximum atomic E-state index is 13.6. The van der Waals surface area contributed by atoms with Crippen LogP contribution in [0.5, 0.6) is 0 Å². The number of rotatable bonds is 7. The van der Waals surface area contributed by atoms with E-state index >= 15 is 0 Å². The molecule has 0 radical (unpaired) electrons. The maximum Gasteiger partial charge on any atom is 0.280 e. The Morgan fingerprint density at radius 1 is 1.19 bits per heavy atom. The summed E-state index contributed by atoms with van der Waals surface area (Å²) in [5.74, 6) is 0.315. The van der Waals surface area contributed by atoms with Crippen LogP contribution in [-0.4, -0.2) is 26.9 Å². The Labute approximate surface area is 186 Å². The van der Waals surface area contributed by atoms with Gasteiger partial charge in [-0.15, -0.1) is 5.10 Å². The highest BCUT2D eigenvalue weighted by Crippen LogP contribution is 2.34. The van der Waals surface area contributed by atoms with Crippen LogP contribution in [0.25, 0.3) is 0 Å². The van der Waals surface area contributed by atoms with Gasteiger partial charge in [0.15, 0.2) is 11.7 Å². The van der Waals surface area contributed by atoms with Gasteiger partial charge >= 0.3 is 0 Å². The maximum absolute atomic E-state index is 13.6. The van der Waals surface area contributed by atoms with Crippen molar-refractivity contribution >= 4 is 29.0 Å². The Bertz CT molecular complexity index is 1070. The summed E-state index contributed by atoms with van der Waals surface area (Å²) < 4.78 is 9.70. The minimum Gasteiger partial charge on any atom is -0.464 e. The van der Waals surface area contributed by atoms with Crippen LogP contribution in [0.2, 0.25) is 0 Å². The molecule has 2 amide bonds. The molecular weight excluding hydrogens is 412 g/mol. The number of hydrogen-bond donors (Lipinski definition) is 1. The molecular formula is C23H28N4O3S. The highest BCUT2D eigenvalue weighted by atomic mass is 32.1. The lowest BCUT2D eigenvalue weighted by atomic mass is 9.99. The first-order valence-corrected chi connectivity index (χ1v) is 11.0. The average molecular weight is 441 g/mol. The van der Waals surface area contributed by atoms with Crippen molar-refractivity contribution in [2.75, 3.05) is 4.90 Å². The van der Waals surface area contributed by atoms with E-state index < -0.39 is 17.5 Å². The van der Waals surface area contributed by atoms with E-state index in [0.717, 1.165) is 29.1 Å². The number of carbonyl (C=O) groups excluding carboxylic acids is 2. The smallest absolute Gasteiger partial charge is 0.280 e. The number of benzene rings is 1. The number of nitrogens with zero attached hydrogens (tertiary/aromatic N) is 3. The third-order valence-corrected chi connectivity index (χ3v) is 6.02. The van der Waals surface area contributed by atoms with Gasteiger partial charge in [0, 0.05) is 16.6 Å². The molecule has 2 aromatic heterocycles. The first-order chi connectivity index (χ1) is 14.6. The van der Waals surface area contributed by atoms with Crippen molar-refractivity contribution in [2.24, 2.45) is 0 Å². The Morgan fingerprint density at radius 3 is 2.52 bits per heavy atom. The van der Waals surface area contributed by atoms with Gasteiger partial charge in [-0.25, -0.2) is 0 Å². The second-order valence-electron chi connectivity index (χ2n) is 8.26. The topological polar surface area (TPSA) is 88.3 Å². The van der Waals surface area contributed by atoms with Crippen molar-refractivity contribution in [3.63, 3.8) is 0 Å². The number of furan rings is 1. The van der Waals surface area contributed by atoms with Crippen LogP contribution in [0.15, 0.2) is 40.1 Å². The molecule has 1 atom stereocenters. The molecule has 8 heteroatoms. The van der Waals surface area contributed by atoms with Crippen LogP contribution in [-0.2, 0) is 4.79 Å². The predicted octanol–water partition coefficient (Wildman–Crippen LogP) is 4.75. The number of carbonyl (C=O) groups is 2. The molecule has 3 rings (SSSR count). The molecule has 0 aliphatic carbocycles. The summed E-state index contributed by atoms with van der Waals surface area (Å²) in [6, 6.07) is 8.20. The molecule has 0 aliphatic rings. The van der Waals surface area contributed by atoms with Crippen molar-refractivity contribution in [3.8, 4) is 0 Å². The van der Waals surface area contributed by atoms with E-state index in [1.165, 1.54) is 4.90 Å². The zero-order valence-corrected chi connectivity index (χ0v) is 19.5.